The number of nitrogens with zero attached hydrogens (tertiary/aromatic N) is 1. The van der Waals surface area contributed by atoms with Gasteiger partial charge in [-0.2, -0.15) is 0 Å². The minimum absolute atomic E-state index is 0.0589. The van der Waals surface area contributed by atoms with Gasteiger partial charge in [0, 0.05) is 30.4 Å². The highest BCUT2D eigenvalue weighted by atomic mass is 16.5. The third-order valence-electron chi connectivity index (χ3n) is 4.82. The summed E-state index contributed by atoms with van der Waals surface area (Å²) in [6, 6.07) is 6.77. The van der Waals surface area contributed by atoms with Gasteiger partial charge in [0.15, 0.2) is 0 Å². The number of fused-ring (bicyclic) bond motifs is 3. The Labute approximate surface area is 132 Å². The van der Waals surface area contributed by atoms with Crippen molar-refractivity contribution in [2.45, 2.75) is 51.6 Å². The molecule has 4 nitrogen and oxygen atoms in total. The molecule has 22 heavy (non-hydrogen) atoms. The second-order valence-corrected chi connectivity index (χ2v) is 6.73. The number of anilines is 1. The smallest absolute Gasteiger partial charge is 0.225 e. The number of carbonyl (C=O) groups excluding carboxylic acids is 1. The summed E-state index contributed by atoms with van der Waals surface area (Å²) in [4.78, 5) is 15.1. The first-order valence-electron chi connectivity index (χ1n) is 8.34. The molecule has 0 aliphatic carbocycles. The number of methoxy groups -OCH3 is 1. The maximum absolute atomic E-state index is 12.6. The van der Waals surface area contributed by atoms with E-state index in [0.717, 1.165) is 25.1 Å². The van der Waals surface area contributed by atoms with Crippen LogP contribution in [0.1, 0.15) is 38.7 Å². The molecule has 1 N–H and O–H groups in total. The molecule has 1 amide bonds. The molecule has 2 aliphatic heterocycles. The second kappa shape index (κ2) is 6.19. The van der Waals surface area contributed by atoms with E-state index in [1.807, 2.05) is 19.9 Å². The predicted octanol–water partition coefficient (Wildman–Crippen LogP) is 2.75. The Morgan fingerprint density at radius 3 is 2.91 bits per heavy atom. The molecule has 2 atom stereocenters. The molecular formula is C18H26N2O2. The van der Waals surface area contributed by atoms with Gasteiger partial charge < -0.3 is 15.0 Å². The van der Waals surface area contributed by atoms with Crippen molar-refractivity contribution in [2.24, 2.45) is 5.92 Å². The van der Waals surface area contributed by atoms with E-state index in [2.05, 4.69) is 22.3 Å². The van der Waals surface area contributed by atoms with Crippen LogP contribution in [-0.2, 0) is 11.2 Å². The molecule has 4 heteroatoms. The molecule has 0 radical (unpaired) electrons. The van der Waals surface area contributed by atoms with Gasteiger partial charge in [0.25, 0.3) is 0 Å². The van der Waals surface area contributed by atoms with Gasteiger partial charge in [-0.25, -0.2) is 0 Å². The molecule has 2 heterocycles. The Hall–Kier alpha value is -1.71. The fourth-order valence-electron chi connectivity index (χ4n) is 3.82. The van der Waals surface area contributed by atoms with Crippen LogP contribution in [0.15, 0.2) is 18.2 Å². The van der Waals surface area contributed by atoms with Crippen LogP contribution in [0.3, 0.4) is 0 Å². The number of piperidine rings is 1. The molecule has 0 aromatic heterocycles. The van der Waals surface area contributed by atoms with Crippen molar-refractivity contribution in [3.05, 3.63) is 23.8 Å². The van der Waals surface area contributed by atoms with Gasteiger partial charge in [0.05, 0.1) is 13.0 Å². The average molecular weight is 302 g/mol. The first-order chi connectivity index (χ1) is 10.6. The minimum atomic E-state index is 0.0589. The largest absolute Gasteiger partial charge is 0.497 e. The number of amides is 1. The highest BCUT2D eigenvalue weighted by Gasteiger charge is 2.39. The first-order valence-corrected chi connectivity index (χ1v) is 8.34. The summed E-state index contributed by atoms with van der Waals surface area (Å²) in [5.41, 5.74) is 2.53. The van der Waals surface area contributed by atoms with E-state index in [9.17, 15) is 4.79 Å². The maximum Gasteiger partial charge on any atom is 0.225 e. The fraction of sp³-hybridized carbons (Fsp3) is 0.611. The van der Waals surface area contributed by atoms with Crippen molar-refractivity contribution < 1.29 is 9.53 Å². The van der Waals surface area contributed by atoms with E-state index in [1.165, 1.54) is 24.1 Å². The second-order valence-electron chi connectivity index (χ2n) is 6.73. The molecule has 1 fully saturated rings. The number of carbonyl (C=O) groups is 1. The van der Waals surface area contributed by atoms with Gasteiger partial charge in [-0.15, -0.1) is 0 Å². The number of hydrogen-bond donors (Lipinski definition) is 1. The third kappa shape index (κ3) is 2.79. The lowest BCUT2D eigenvalue weighted by Gasteiger charge is -2.46. The van der Waals surface area contributed by atoms with Crippen LogP contribution in [0.2, 0.25) is 0 Å². The molecule has 3 rings (SSSR count). The average Bonchev–Trinajstić information content (AvgIpc) is 2.53. The summed E-state index contributed by atoms with van der Waals surface area (Å²) >= 11 is 0. The van der Waals surface area contributed by atoms with Crippen LogP contribution in [0.4, 0.5) is 5.69 Å². The molecule has 0 spiro atoms. The molecule has 0 unspecified atom stereocenters. The Bertz CT molecular complexity index is 556. The molecule has 0 bridgehead atoms. The zero-order chi connectivity index (χ0) is 15.7. The fourth-order valence-corrected chi connectivity index (χ4v) is 3.82. The molecule has 2 aliphatic rings. The zero-order valence-corrected chi connectivity index (χ0v) is 13.8. The summed E-state index contributed by atoms with van der Waals surface area (Å²) < 4.78 is 5.38. The Morgan fingerprint density at radius 2 is 2.18 bits per heavy atom. The zero-order valence-electron chi connectivity index (χ0n) is 13.8. The topological polar surface area (TPSA) is 41.6 Å². The summed E-state index contributed by atoms with van der Waals surface area (Å²) in [6.45, 7) is 5.09. The summed E-state index contributed by atoms with van der Waals surface area (Å²) in [5.74, 6) is 1.16. The summed E-state index contributed by atoms with van der Waals surface area (Å²) in [5, 5.41) is 3.11. The highest BCUT2D eigenvalue weighted by molar-refractivity contribution is 5.82. The van der Waals surface area contributed by atoms with E-state index >= 15 is 0 Å². The van der Waals surface area contributed by atoms with E-state index in [-0.39, 0.29) is 17.9 Å². The molecule has 120 valence electrons. The number of rotatable bonds is 3. The first kappa shape index (κ1) is 15.2. The third-order valence-corrected chi connectivity index (χ3v) is 4.82. The van der Waals surface area contributed by atoms with Crippen molar-refractivity contribution in [3.8, 4) is 5.75 Å². The predicted molar refractivity (Wildman–Crippen MR) is 88.5 cm³/mol. The minimum Gasteiger partial charge on any atom is -0.497 e. The Balaban J connectivity index is 1.93. The lowest BCUT2D eigenvalue weighted by atomic mass is 9.80. The summed E-state index contributed by atoms with van der Waals surface area (Å²) in [6.07, 6.45) is 4.35. The standard InChI is InChI=1S/C18H26N2O2/c1-12(2)19-18(21)15-10-13-7-8-14(22-3)11-17(13)20-9-5-4-6-16(15)20/h7-8,11-12,15-16H,4-6,9-10H2,1-3H3,(H,19,21)/t15-,16+/m0/s1. The monoisotopic (exact) mass is 302 g/mol. The Morgan fingerprint density at radius 1 is 1.36 bits per heavy atom. The van der Waals surface area contributed by atoms with Gasteiger partial charge in [-0.3, -0.25) is 4.79 Å². The number of hydrogen-bond acceptors (Lipinski definition) is 3. The van der Waals surface area contributed by atoms with Crippen molar-refractivity contribution in [2.75, 3.05) is 18.6 Å². The normalized spacial score (nSPS) is 23.7. The van der Waals surface area contributed by atoms with Gasteiger partial charge in [-0.1, -0.05) is 6.07 Å². The van der Waals surface area contributed by atoms with Crippen molar-refractivity contribution >= 4 is 11.6 Å². The lowest BCUT2D eigenvalue weighted by molar-refractivity contribution is -0.126. The number of nitrogens with one attached hydrogen (secondary N) is 1. The van der Waals surface area contributed by atoms with Crippen LogP contribution in [-0.4, -0.2) is 31.6 Å². The highest BCUT2D eigenvalue weighted by Crippen LogP contribution is 2.40. The van der Waals surface area contributed by atoms with Crippen molar-refractivity contribution in [1.29, 1.82) is 0 Å². The van der Waals surface area contributed by atoms with Crippen LogP contribution in [0.5, 0.6) is 5.75 Å². The van der Waals surface area contributed by atoms with Crippen LogP contribution < -0.4 is 15.0 Å². The van der Waals surface area contributed by atoms with Gasteiger partial charge in [0.2, 0.25) is 5.91 Å². The Kier molecular flexibility index (Phi) is 4.27. The lowest BCUT2D eigenvalue weighted by Crippen LogP contribution is -2.53. The van der Waals surface area contributed by atoms with Crippen LogP contribution in [0, 0.1) is 5.92 Å². The molecule has 0 saturated carbocycles. The van der Waals surface area contributed by atoms with Gasteiger partial charge in [0.1, 0.15) is 5.75 Å². The summed E-state index contributed by atoms with van der Waals surface area (Å²) in [7, 11) is 1.71. The SMILES string of the molecule is COc1ccc2c(c1)N1CCCC[C@@H]1[C@@H](C(=O)NC(C)C)C2. The van der Waals surface area contributed by atoms with E-state index in [1.54, 1.807) is 7.11 Å². The number of benzene rings is 1. The molecule has 1 aromatic carbocycles. The number of ether oxygens (including phenoxy) is 1. The maximum atomic E-state index is 12.6. The molecular weight excluding hydrogens is 276 g/mol. The van der Waals surface area contributed by atoms with Crippen molar-refractivity contribution in [3.63, 3.8) is 0 Å². The van der Waals surface area contributed by atoms with Gasteiger partial charge >= 0.3 is 0 Å². The quantitative estimate of drug-likeness (QED) is 0.933. The van der Waals surface area contributed by atoms with E-state index in [0.29, 0.717) is 6.04 Å². The van der Waals surface area contributed by atoms with E-state index < -0.39 is 0 Å². The van der Waals surface area contributed by atoms with Crippen LogP contribution in [0.25, 0.3) is 0 Å². The molecule has 1 aromatic rings. The molecule has 1 saturated heterocycles. The van der Waals surface area contributed by atoms with Gasteiger partial charge in [-0.05, 0) is 51.2 Å². The van der Waals surface area contributed by atoms with E-state index in [4.69, 9.17) is 4.74 Å². The van der Waals surface area contributed by atoms with Crippen molar-refractivity contribution in [1.82, 2.24) is 5.32 Å². The van der Waals surface area contributed by atoms with Crippen LogP contribution >= 0.6 is 0 Å².